The first-order chi connectivity index (χ1) is 14.2. The van der Waals surface area contributed by atoms with Gasteiger partial charge in [0, 0.05) is 47.6 Å². The van der Waals surface area contributed by atoms with E-state index < -0.39 is 5.97 Å². The van der Waals surface area contributed by atoms with Crippen LogP contribution in [0.25, 0.3) is 0 Å². The first kappa shape index (κ1) is 18.8. The van der Waals surface area contributed by atoms with Gasteiger partial charge in [0.15, 0.2) is 0 Å². The fourth-order valence-electron chi connectivity index (χ4n) is 4.55. The van der Waals surface area contributed by atoms with Gasteiger partial charge in [0.05, 0.1) is 19.6 Å². The van der Waals surface area contributed by atoms with Crippen molar-refractivity contribution in [3.8, 4) is 5.88 Å². The van der Waals surface area contributed by atoms with Gasteiger partial charge in [0.2, 0.25) is 5.88 Å². The van der Waals surface area contributed by atoms with Crippen LogP contribution in [0, 0.1) is 0 Å². The number of carboxylic acid groups (broad SMARTS) is 1. The van der Waals surface area contributed by atoms with E-state index in [1.807, 2.05) is 6.07 Å². The molecule has 1 saturated heterocycles. The van der Waals surface area contributed by atoms with Gasteiger partial charge < -0.3 is 19.5 Å². The number of morpholine rings is 1. The summed E-state index contributed by atoms with van der Waals surface area (Å²) < 4.78 is 11.8. The first-order valence-electron chi connectivity index (χ1n) is 10.1. The lowest BCUT2D eigenvalue weighted by Crippen LogP contribution is -2.36. The predicted octanol–water partition coefficient (Wildman–Crippen LogP) is 3.65. The summed E-state index contributed by atoms with van der Waals surface area (Å²) in [6.45, 7) is 3.43. The van der Waals surface area contributed by atoms with Crippen LogP contribution in [0.4, 0.5) is 5.69 Å². The highest BCUT2D eigenvalue weighted by molar-refractivity contribution is 7.99. The Morgan fingerprint density at radius 1 is 1.31 bits per heavy atom. The normalized spacial score (nSPS) is 23.0. The van der Waals surface area contributed by atoms with Gasteiger partial charge in [0.25, 0.3) is 0 Å². The Labute approximate surface area is 174 Å². The van der Waals surface area contributed by atoms with Crippen molar-refractivity contribution in [1.29, 1.82) is 0 Å². The molecule has 0 bridgehead atoms. The maximum Gasteiger partial charge on any atom is 0.303 e. The molecule has 29 heavy (non-hydrogen) atoms. The number of pyridine rings is 1. The van der Waals surface area contributed by atoms with Gasteiger partial charge in [0.1, 0.15) is 6.10 Å². The molecule has 7 heteroatoms. The second kappa shape index (κ2) is 7.88. The van der Waals surface area contributed by atoms with Gasteiger partial charge in [-0.1, -0.05) is 12.1 Å². The number of hydrogen-bond acceptors (Lipinski definition) is 6. The molecule has 2 aliphatic heterocycles. The summed E-state index contributed by atoms with van der Waals surface area (Å²) in [5, 5.41) is 9.09. The first-order valence-corrected chi connectivity index (χ1v) is 11.1. The van der Waals surface area contributed by atoms with Gasteiger partial charge in [-0.2, -0.15) is 0 Å². The topological polar surface area (TPSA) is 71.9 Å². The van der Waals surface area contributed by atoms with E-state index in [2.05, 4.69) is 28.1 Å². The van der Waals surface area contributed by atoms with E-state index in [1.54, 1.807) is 18.0 Å². The highest BCUT2D eigenvalue weighted by Crippen LogP contribution is 2.44. The van der Waals surface area contributed by atoms with Crippen molar-refractivity contribution in [3.63, 3.8) is 0 Å². The Kier molecular flexibility index (Phi) is 5.09. The summed E-state index contributed by atoms with van der Waals surface area (Å²) in [5.41, 5.74) is 4.99. The standard InChI is InChI=1S/C22H24N2O4S/c25-22(26)10-14-13-29-20-11-21(23-12-17(14)20)28-19-5-4-15-16(19)2-1-3-18(15)24-6-8-27-9-7-24/h1-3,11-12,14,19H,4-10,13H2,(H,25,26). The number of fused-ring (bicyclic) bond motifs is 2. The fourth-order valence-corrected chi connectivity index (χ4v) is 5.80. The van der Waals surface area contributed by atoms with Crippen molar-refractivity contribution in [3.05, 3.63) is 47.2 Å². The number of anilines is 1. The van der Waals surface area contributed by atoms with E-state index in [0.717, 1.165) is 55.4 Å². The van der Waals surface area contributed by atoms with Crippen molar-refractivity contribution < 1.29 is 19.4 Å². The number of aliphatic carboxylic acids is 1. The summed E-state index contributed by atoms with van der Waals surface area (Å²) in [6.07, 6.45) is 3.93. The van der Waals surface area contributed by atoms with Crippen LogP contribution in [0.1, 0.15) is 41.6 Å². The molecule has 1 aromatic heterocycles. The van der Waals surface area contributed by atoms with Crippen molar-refractivity contribution in [2.75, 3.05) is 37.0 Å². The molecule has 1 N–H and O–H groups in total. The second-order valence-electron chi connectivity index (χ2n) is 7.76. The number of thioether (sulfide) groups is 1. The monoisotopic (exact) mass is 412 g/mol. The third-order valence-electron chi connectivity index (χ3n) is 5.98. The molecular formula is C22H24N2O4S. The molecular weight excluding hydrogens is 388 g/mol. The van der Waals surface area contributed by atoms with Gasteiger partial charge in [-0.15, -0.1) is 11.8 Å². The molecule has 2 aromatic rings. The molecule has 3 aliphatic rings. The molecule has 1 aliphatic carbocycles. The largest absolute Gasteiger partial charge is 0.481 e. The highest BCUT2D eigenvalue weighted by Gasteiger charge is 2.30. The van der Waals surface area contributed by atoms with Crippen molar-refractivity contribution in [2.45, 2.75) is 36.2 Å². The van der Waals surface area contributed by atoms with E-state index in [4.69, 9.17) is 14.6 Å². The predicted molar refractivity (Wildman–Crippen MR) is 111 cm³/mol. The van der Waals surface area contributed by atoms with Crippen molar-refractivity contribution in [1.82, 2.24) is 4.98 Å². The van der Waals surface area contributed by atoms with E-state index in [0.29, 0.717) is 5.88 Å². The Balaban J connectivity index is 1.34. The molecule has 2 unspecified atom stereocenters. The summed E-state index contributed by atoms with van der Waals surface area (Å²) in [4.78, 5) is 19.1. The van der Waals surface area contributed by atoms with Crippen LogP contribution in [-0.4, -0.2) is 48.1 Å². The van der Waals surface area contributed by atoms with Crippen LogP contribution in [0.5, 0.6) is 5.88 Å². The van der Waals surface area contributed by atoms with Crippen LogP contribution < -0.4 is 9.64 Å². The summed E-state index contributed by atoms with van der Waals surface area (Å²) in [5.74, 6) is 0.698. The number of ether oxygens (including phenoxy) is 2. The van der Waals surface area contributed by atoms with Crippen molar-refractivity contribution in [2.24, 2.45) is 0 Å². The SMILES string of the molecule is O=C(O)CC1CSc2cc(OC3CCc4c3cccc4N3CCOCC3)ncc21. The van der Waals surface area contributed by atoms with Gasteiger partial charge >= 0.3 is 5.97 Å². The molecule has 6 nitrogen and oxygen atoms in total. The quantitative estimate of drug-likeness (QED) is 0.804. The summed E-state index contributed by atoms with van der Waals surface area (Å²) in [6, 6.07) is 8.47. The van der Waals surface area contributed by atoms with Crippen LogP contribution >= 0.6 is 11.8 Å². The zero-order valence-electron chi connectivity index (χ0n) is 16.2. The zero-order valence-corrected chi connectivity index (χ0v) is 17.0. The minimum Gasteiger partial charge on any atom is -0.481 e. The Morgan fingerprint density at radius 3 is 3.00 bits per heavy atom. The number of rotatable bonds is 5. The lowest BCUT2D eigenvalue weighted by atomic mass is 10.00. The minimum absolute atomic E-state index is 0.0118. The van der Waals surface area contributed by atoms with Crippen LogP contribution in [0.2, 0.25) is 0 Å². The Bertz CT molecular complexity index is 929. The Hall–Kier alpha value is -2.25. The summed E-state index contributed by atoms with van der Waals surface area (Å²) in [7, 11) is 0. The maximum absolute atomic E-state index is 11.1. The number of nitrogens with zero attached hydrogens (tertiary/aromatic N) is 2. The van der Waals surface area contributed by atoms with Gasteiger partial charge in [-0.25, -0.2) is 4.98 Å². The molecule has 0 amide bonds. The third-order valence-corrected chi connectivity index (χ3v) is 7.21. The number of hydrogen-bond donors (Lipinski definition) is 1. The number of benzene rings is 1. The maximum atomic E-state index is 11.1. The molecule has 1 aromatic carbocycles. The fraction of sp³-hybridized carbons (Fsp3) is 0.455. The van der Waals surface area contributed by atoms with Gasteiger partial charge in [-0.3, -0.25) is 4.79 Å². The lowest BCUT2D eigenvalue weighted by molar-refractivity contribution is -0.137. The zero-order chi connectivity index (χ0) is 19.8. The van der Waals surface area contributed by atoms with Crippen molar-refractivity contribution >= 4 is 23.4 Å². The van der Waals surface area contributed by atoms with E-state index in [-0.39, 0.29) is 18.4 Å². The second-order valence-corrected chi connectivity index (χ2v) is 8.82. The minimum atomic E-state index is -0.762. The molecule has 0 saturated carbocycles. The Morgan fingerprint density at radius 2 is 2.17 bits per heavy atom. The van der Waals surface area contributed by atoms with E-state index in [1.165, 1.54) is 16.8 Å². The van der Waals surface area contributed by atoms with Gasteiger partial charge in [-0.05, 0) is 35.6 Å². The van der Waals surface area contributed by atoms with E-state index in [9.17, 15) is 4.79 Å². The highest BCUT2D eigenvalue weighted by atomic mass is 32.2. The van der Waals surface area contributed by atoms with Crippen LogP contribution in [-0.2, 0) is 16.0 Å². The van der Waals surface area contributed by atoms with Crippen LogP contribution in [0.15, 0.2) is 35.4 Å². The smallest absolute Gasteiger partial charge is 0.303 e. The van der Waals surface area contributed by atoms with Crippen LogP contribution in [0.3, 0.4) is 0 Å². The third kappa shape index (κ3) is 3.69. The molecule has 1 fully saturated rings. The average Bonchev–Trinajstić information content (AvgIpc) is 3.32. The molecule has 5 rings (SSSR count). The van der Waals surface area contributed by atoms with E-state index >= 15 is 0 Å². The number of aromatic nitrogens is 1. The summed E-state index contributed by atoms with van der Waals surface area (Å²) >= 11 is 1.70. The number of carbonyl (C=O) groups is 1. The molecule has 0 radical (unpaired) electrons. The molecule has 0 spiro atoms. The molecule has 3 heterocycles. The lowest BCUT2D eigenvalue weighted by Gasteiger charge is -2.30. The molecule has 2 atom stereocenters. The number of carboxylic acids is 1. The molecule has 152 valence electrons. The average molecular weight is 413 g/mol.